The number of aromatic nitrogens is 2. The van der Waals surface area contributed by atoms with Crippen molar-refractivity contribution in [1.29, 1.82) is 0 Å². The average Bonchev–Trinajstić information content (AvgIpc) is 3.36. The highest BCUT2D eigenvalue weighted by Gasteiger charge is 2.10. The molecule has 0 unspecified atom stereocenters. The van der Waals surface area contributed by atoms with Crippen molar-refractivity contribution in [2.45, 2.75) is 148 Å². The number of carbonyl (C=O) groups is 1. The summed E-state index contributed by atoms with van der Waals surface area (Å²) in [7, 11) is 0. The summed E-state index contributed by atoms with van der Waals surface area (Å²) in [4.78, 5) is 17.2. The van der Waals surface area contributed by atoms with Crippen molar-refractivity contribution >= 4 is 16.9 Å². The van der Waals surface area contributed by atoms with Crippen LogP contribution in [0.5, 0.6) is 0 Å². The summed E-state index contributed by atoms with van der Waals surface area (Å²) in [5, 5.41) is 3.08. The SMILES string of the molecule is CCCCCCCCCCCCCCCCCCn1c(CCCCCNC(=O)Cc2ccccc2)nc2ccccc21. The number of hydrogen-bond acceptors (Lipinski definition) is 2. The average molecular weight is 574 g/mol. The van der Waals surface area contributed by atoms with E-state index in [9.17, 15) is 4.79 Å². The van der Waals surface area contributed by atoms with Gasteiger partial charge in [0.2, 0.25) is 5.91 Å². The summed E-state index contributed by atoms with van der Waals surface area (Å²) in [5.74, 6) is 1.34. The van der Waals surface area contributed by atoms with Crippen molar-refractivity contribution in [1.82, 2.24) is 14.9 Å². The molecular formula is C38H59N3O. The van der Waals surface area contributed by atoms with Gasteiger partial charge in [-0.3, -0.25) is 4.79 Å². The second-order valence-electron chi connectivity index (χ2n) is 12.3. The standard InChI is InChI=1S/C38H59N3O/c1-2-3-4-5-6-7-8-9-10-11-12-13-14-15-16-25-32-41-36-29-23-22-28-35(36)40-37(41)30-21-18-24-31-39-38(42)33-34-26-19-17-20-27-34/h17,19-20,22-23,26-29H,2-16,18,21,24-25,30-33H2,1H3,(H,39,42). The van der Waals surface area contributed by atoms with Crippen LogP contribution in [-0.2, 0) is 24.2 Å². The minimum absolute atomic E-state index is 0.113. The van der Waals surface area contributed by atoms with Crippen LogP contribution in [0.1, 0.15) is 140 Å². The van der Waals surface area contributed by atoms with Gasteiger partial charge in [0.25, 0.3) is 0 Å². The molecule has 0 radical (unpaired) electrons. The van der Waals surface area contributed by atoms with Crippen molar-refractivity contribution < 1.29 is 4.79 Å². The molecular weight excluding hydrogens is 514 g/mol. The molecule has 3 rings (SSSR count). The largest absolute Gasteiger partial charge is 0.356 e. The summed E-state index contributed by atoms with van der Waals surface area (Å²) in [6.45, 7) is 4.12. The van der Waals surface area contributed by atoms with Crippen molar-refractivity contribution in [2.75, 3.05) is 6.54 Å². The van der Waals surface area contributed by atoms with E-state index in [2.05, 4.69) is 41.1 Å². The summed E-state index contributed by atoms with van der Waals surface area (Å²) in [5.41, 5.74) is 3.47. The highest BCUT2D eigenvalue weighted by atomic mass is 16.1. The van der Waals surface area contributed by atoms with Gasteiger partial charge in [-0.25, -0.2) is 4.98 Å². The van der Waals surface area contributed by atoms with Crippen molar-refractivity contribution in [3.8, 4) is 0 Å². The van der Waals surface area contributed by atoms with Crippen molar-refractivity contribution in [2.24, 2.45) is 0 Å². The lowest BCUT2D eigenvalue weighted by Gasteiger charge is -2.10. The Hall–Kier alpha value is -2.62. The lowest BCUT2D eigenvalue weighted by atomic mass is 10.0. The molecule has 0 spiro atoms. The maximum absolute atomic E-state index is 12.2. The van der Waals surface area contributed by atoms with Crippen LogP contribution in [-0.4, -0.2) is 22.0 Å². The smallest absolute Gasteiger partial charge is 0.224 e. The molecule has 0 aliphatic carbocycles. The van der Waals surface area contributed by atoms with Crippen LogP contribution in [0.15, 0.2) is 54.6 Å². The third kappa shape index (κ3) is 14.0. The van der Waals surface area contributed by atoms with Gasteiger partial charge < -0.3 is 9.88 Å². The number of rotatable bonds is 25. The van der Waals surface area contributed by atoms with Crippen LogP contribution in [0.25, 0.3) is 11.0 Å². The van der Waals surface area contributed by atoms with E-state index in [1.165, 1.54) is 114 Å². The Morgan fingerprint density at radius 3 is 1.83 bits per heavy atom. The second-order valence-corrected chi connectivity index (χ2v) is 12.3. The van der Waals surface area contributed by atoms with Crippen LogP contribution in [0, 0.1) is 0 Å². The van der Waals surface area contributed by atoms with Crippen LogP contribution in [0.4, 0.5) is 0 Å². The first kappa shape index (κ1) is 33.9. The number of aryl methyl sites for hydroxylation is 2. The zero-order valence-electron chi connectivity index (χ0n) is 26.8. The van der Waals surface area contributed by atoms with Gasteiger partial charge in [0.15, 0.2) is 0 Å². The van der Waals surface area contributed by atoms with E-state index in [0.29, 0.717) is 6.42 Å². The Balaban J connectivity index is 1.23. The topological polar surface area (TPSA) is 46.9 Å². The molecule has 4 heteroatoms. The Kier molecular flexibility index (Phi) is 17.7. The molecule has 4 nitrogen and oxygen atoms in total. The number of imidazole rings is 1. The number of fused-ring (bicyclic) bond motifs is 1. The van der Waals surface area contributed by atoms with Crippen LogP contribution in [0.3, 0.4) is 0 Å². The Bertz CT molecular complexity index is 1090. The quantitative estimate of drug-likeness (QED) is 0.102. The molecule has 0 aliphatic rings. The first-order valence-corrected chi connectivity index (χ1v) is 17.5. The van der Waals surface area contributed by atoms with Crippen LogP contribution < -0.4 is 5.32 Å². The predicted molar refractivity (Wildman–Crippen MR) is 180 cm³/mol. The Labute approximate surface area is 257 Å². The third-order valence-corrected chi connectivity index (χ3v) is 8.58. The molecule has 1 aromatic heterocycles. The highest BCUT2D eigenvalue weighted by Crippen LogP contribution is 2.20. The predicted octanol–water partition coefficient (Wildman–Crippen LogP) is 10.4. The molecule has 0 bridgehead atoms. The lowest BCUT2D eigenvalue weighted by molar-refractivity contribution is -0.120. The number of unbranched alkanes of at least 4 members (excludes halogenated alkanes) is 17. The molecule has 0 saturated heterocycles. The Morgan fingerprint density at radius 1 is 0.643 bits per heavy atom. The lowest BCUT2D eigenvalue weighted by Crippen LogP contribution is -2.26. The number of nitrogens with zero attached hydrogens (tertiary/aromatic N) is 2. The molecule has 232 valence electrons. The number of para-hydroxylation sites is 2. The third-order valence-electron chi connectivity index (χ3n) is 8.58. The molecule has 0 fully saturated rings. The van der Waals surface area contributed by atoms with Crippen molar-refractivity contribution in [3.63, 3.8) is 0 Å². The summed E-state index contributed by atoms with van der Waals surface area (Å²) in [6.07, 6.45) is 27.1. The maximum atomic E-state index is 12.2. The molecule has 0 saturated carbocycles. The van der Waals surface area contributed by atoms with Gasteiger partial charge in [0.05, 0.1) is 17.5 Å². The maximum Gasteiger partial charge on any atom is 0.224 e. The summed E-state index contributed by atoms with van der Waals surface area (Å²) in [6, 6.07) is 18.6. The van der Waals surface area contributed by atoms with Gasteiger partial charge >= 0.3 is 0 Å². The second kappa shape index (κ2) is 22.0. The minimum atomic E-state index is 0.113. The fourth-order valence-electron chi connectivity index (χ4n) is 6.04. The van der Waals surface area contributed by atoms with Gasteiger partial charge in [-0.15, -0.1) is 0 Å². The zero-order valence-corrected chi connectivity index (χ0v) is 26.8. The molecule has 1 amide bonds. The number of nitrogens with one attached hydrogen (secondary N) is 1. The molecule has 1 heterocycles. The first-order chi connectivity index (χ1) is 20.8. The molecule has 2 aromatic carbocycles. The van der Waals surface area contributed by atoms with E-state index < -0.39 is 0 Å². The summed E-state index contributed by atoms with van der Waals surface area (Å²) < 4.78 is 2.47. The highest BCUT2D eigenvalue weighted by molar-refractivity contribution is 5.78. The van der Waals surface area contributed by atoms with E-state index in [1.807, 2.05) is 30.3 Å². The van der Waals surface area contributed by atoms with E-state index in [0.717, 1.165) is 49.9 Å². The number of benzene rings is 2. The fourth-order valence-corrected chi connectivity index (χ4v) is 6.04. The van der Waals surface area contributed by atoms with Crippen LogP contribution in [0.2, 0.25) is 0 Å². The minimum Gasteiger partial charge on any atom is -0.356 e. The molecule has 0 aliphatic heterocycles. The van der Waals surface area contributed by atoms with Gasteiger partial charge in [-0.05, 0) is 37.0 Å². The summed E-state index contributed by atoms with van der Waals surface area (Å²) >= 11 is 0. The van der Waals surface area contributed by atoms with Crippen LogP contribution >= 0.6 is 0 Å². The monoisotopic (exact) mass is 573 g/mol. The number of amides is 1. The first-order valence-electron chi connectivity index (χ1n) is 17.5. The molecule has 3 aromatic rings. The Morgan fingerprint density at radius 2 is 1.19 bits per heavy atom. The normalized spacial score (nSPS) is 11.4. The molecule has 0 atom stereocenters. The van der Waals surface area contributed by atoms with Crippen molar-refractivity contribution in [3.05, 3.63) is 66.0 Å². The van der Waals surface area contributed by atoms with E-state index in [4.69, 9.17) is 4.98 Å². The zero-order chi connectivity index (χ0) is 29.5. The number of carbonyl (C=O) groups excluding carboxylic acids is 1. The van der Waals surface area contributed by atoms with Gasteiger partial charge in [-0.2, -0.15) is 0 Å². The fraction of sp³-hybridized carbons (Fsp3) is 0.632. The molecule has 1 N–H and O–H groups in total. The van der Waals surface area contributed by atoms with E-state index in [1.54, 1.807) is 0 Å². The van der Waals surface area contributed by atoms with Gasteiger partial charge in [-0.1, -0.05) is 152 Å². The number of hydrogen-bond donors (Lipinski definition) is 1. The van der Waals surface area contributed by atoms with E-state index in [-0.39, 0.29) is 5.91 Å². The van der Waals surface area contributed by atoms with Gasteiger partial charge in [0.1, 0.15) is 5.82 Å². The van der Waals surface area contributed by atoms with E-state index >= 15 is 0 Å². The van der Waals surface area contributed by atoms with Gasteiger partial charge in [0, 0.05) is 19.5 Å². The molecule has 42 heavy (non-hydrogen) atoms.